The van der Waals surface area contributed by atoms with Gasteiger partial charge in [0.1, 0.15) is 11.4 Å². The largest absolute Gasteiger partial charge is 0.495 e. The molecule has 1 heterocycles. The molecule has 1 aliphatic carbocycles. The average Bonchev–Trinajstić information content (AvgIpc) is 2.98. The predicted octanol–water partition coefficient (Wildman–Crippen LogP) is 5.02. The Morgan fingerprint density at radius 2 is 1.92 bits per heavy atom. The molecule has 8 nitrogen and oxygen atoms in total. The summed E-state index contributed by atoms with van der Waals surface area (Å²) in [4.78, 5) is 20.2. The van der Waals surface area contributed by atoms with Crippen LogP contribution in [-0.4, -0.2) is 68.8 Å². The van der Waals surface area contributed by atoms with Crippen molar-refractivity contribution in [1.82, 2.24) is 15.2 Å². The number of likely N-dealkylation sites (N-methyl/N-ethyl adjacent to an activating group) is 1. The molecule has 3 aromatic rings. The van der Waals surface area contributed by atoms with Crippen LogP contribution in [0.1, 0.15) is 36.2 Å². The summed E-state index contributed by atoms with van der Waals surface area (Å²) >= 11 is 0. The Labute approximate surface area is 230 Å². The third-order valence-electron chi connectivity index (χ3n) is 7.42. The molecule has 0 atom stereocenters. The Morgan fingerprint density at radius 3 is 2.64 bits per heavy atom. The average molecular weight is 528 g/mol. The maximum absolute atomic E-state index is 13.1. The van der Waals surface area contributed by atoms with Crippen molar-refractivity contribution >= 4 is 22.4 Å². The number of nitrogens with one attached hydrogen (secondary N) is 2. The predicted molar refractivity (Wildman–Crippen MR) is 155 cm³/mol. The van der Waals surface area contributed by atoms with E-state index in [0.29, 0.717) is 35.3 Å². The number of carbonyl (C=O) groups is 1. The molecular weight excluding hydrogens is 490 g/mol. The summed E-state index contributed by atoms with van der Waals surface area (Å²) in [5.41, 5.74) is 3.21. The van der Waals surface area contributed by atoms with Gasteiger partial charge in [0.2, 0.25) is 0 Å². The van der Waals surface area contributed by atoms with Gasteiger partial charge in [-0.05, 0) is 62.4 Å². The molecule has 0 saturated heterocycles. The molecule has 2 aromatic carbocycles. The highest BCUT2D eigenvalue weighted by Crippen LogP contribution is 2.35. The standard InChI is InChI=1S/C31H37N5O3/c1-21(19-32)20-33-30-26-18-23(9-8-22(26)10-15-29(30)39-4)27-6-5-7-28(35-27)31(37)34-24-11-13-25(14-12-24)36(2)16-17-38-3/h5-10,15,18,24-25,33H,1,11-14,16-17,20H2,2-4H3,(H,34,37). The van der Waals surface area contributed by atoms with E-state index in [1.807, 2.05) is 42.5 Å². The number of aromatic nitrogens is 1. The molecule has 204 valence electrons. The number of hydrogen-bond acceptors (Lipinski definition) is 7. The molecule has 4 rings (SSSR count). The van der Waals surface area contributed by atoms with Crippen molar-refractivity contribution in [2.75, 3.05) is 46.3 Å². The smallest absolute Gasteiger partial charge is 0.270 e. The van der Waals surface area contributed by atoms with Gasteiger partial charge in [0, 0.05) is 48.8 Å². The van der Waals surface area contributed by atoms with E-state index in [1.165, 1.54) is 0 Å². The number of nitriles is 1. The minimum absolute atomic E-state index is 0.145. The lowest BCUT2D eigenvalue weighted by Gasteiger charge is -2.34. The van der Waals surface area contributed by atoms with Gasteiger partial charge in [-0.1, -0.05) is 30.8 Å². The number of amides is 1. The van der Waals surface area contributed by atoms with Crippen molar-refractivity contribution in [2.24, 2.45) is 0 Å². The molecule has 2 N–H and O–H groups in total. The van der Waals surface area contributed by atoms with Gasteiger partial charge in [-0.25, -0.2) is 4.98 Å². The van der Waals surface area contributed by atoms with Gasteiger partial charge >= 0.3 is 0 Å². The van der Waals surface area contributed by atoms with Gasteiger partial charge in [-0.2, -0.15) is 5.26 Å². The Bertz CT molecular complexity index is 1360. The Kier molecular flexibility index (Phi) is 9.53. The number of ether oxygens (including phenoxy) is 2. The van der Waals surface area contributed by atoms with Crippen LogP contribution in [0.5, 0.6) is 5.75 Å². The van der Waals surface area contributed by atoms with Gasteiger partial charge in [0.05, 0.1) is 31.2 Å². The first-order valence-corrected chi connectivity index (χ1v) is 13.3. The molecule has 1 saturated carbocycles. The summed E-state index contributed by atoms with van der Waals surface area (Å²) in [5, 5.41) is 17.5. The summed E-state index contributed by atoms with van der Waals surface area (Å²) < 4.78 is 10.8. The fourth-order valence-corrected chi connectivity index (χ4v) is 5.11. The third-order valence-corrected chi connectivity index (χ3v) is 7.42. The van der Waals surface area contributed by atoms with Gasteiger partial charge in [0.15, 0.2) is 0 Å². The van der Waals surface area contributed by atoms with Crippen molar-refractivity contribution in [3.05, 3.63) is 66.4 Å². The lowest BCUT2D eigenvalue weighted by molar-refractivity contribution is 0.0891. The normalized spacial score (nSPS) is 17.0. The van der Waals surface area contributed by atoms with Gasteiger partial charge in [-0.15, -0.1) is 0 Å². The first-order chi connectivity index (χ1) is 18.9. The van der Waals surface area contributed by atoms with Crippen molar-refractivity contribution < 1.29 is 14.3 Å². The minimum atomic E-state index is -0.145. The van der Waals surface area contributed by atoms with E-state index in [-0.39, 0.29) is 11.9 Å². The highest BCUT2D eigenvalue weighted by atomic mass is 16.5. The second-order valence-corrected chi connectivity index (χ2v) is 10.0. The number of fused-ring (bicyclic) bond motifs is 1. The summed E-state index contributed by atoms with van der Waals surface area (Å²) in [6, 6.07) is 18.2. The molecule has 1 amide bonds. The Morgan fingerprint density at radius 1 is 1.15 bits per heavy atom. The van der Waals surface area contributed by atoms with Crippen molar-refractivity contribution in [3.63, 3.8) is 0 Å². The molecule has 1 aromatic heterocycles. The molecule has 39 heavy (non-hydrogen) atoms. The first kappa shape index (κ1) is 28.1. The van der Waals surface area contributed by atoms with Crippen LogP contribution in [0.2, 0.25) is 0 Å². The first-order valence-electron chi connectivity index (χ1n) is 13.3. The second kappa shape index (κ2) is 13.2. The molecule has 0 aliphatic heterocycles. The maximum atomic E-state index is 13.1. The van der Waals surface area contributed by atoms with Gasteiger partial charge < -0.3 is 25.0 Å². The molecular formula is C31H37N5O3. The zero-order valence-electron chi connectivity index (χ0n) is 23.0. The molecule has 1 fully saturated rings. The van der Waals surface area contributed by atoms with Crippen LogP contribution in [0.3, 0.4) is 0 Å². The Balaban J connectivity index is 1.49. The van der Waals surface area contributed by atoms with Crippen LogP contribution in [0.25, 0.3) is 22.0 Å². The van der Waals surface area contributed by atoms with E-state index in [2.05, 4.69) is 35.2 Å². The lowest BCUT2D eigenvalue weighted by atomic mass is 9.90. The van der Waals surface area contributed by atoms with Gasteiger partial charge in [-0.3, -0.25) is 4.79 Å². The Hall–Kier alpha value is -3.93. The number of nitrogens with zero attached hydrogens (tertiary/aromatic N) is 3. The highest BCUT2D eigenvalue weighted by molar-refractivity contribution is 5.99. The zero-order chi connectivity index (χ0) is 27.8. The number of pyridine rings is 1. The summed E-state index contributed by atoms with van der Waals surface area (Å²) in [7, 11) is 5.49. The van der Waals surface area contributed by atoms with E-state index in [9.17, 15) is 4.79 Å². The molecule has 8 heteroatoms. The number of rotatable bonds is 11. The summed E-state index contributed by atoms with van der Waals surface area (Å²) in [6.07, 6.45) is 4.01. The summed E-state index contributed by atoms with van der Waals surface area (Å²) in [5.74, 6) is 0.527. The number of hydrogen-bond donors (Lipinski definition) is 2. The van der Waals surface area contributed by atoms with Crippen molar-refractivity contribution in [3.8, 4) is 23.1 Å². The number of methoxy groups -OCH3 is 2. The monoisotopic (exact) mass is 527 g/mol. The fraction of sp³-hybridized carbons (Fsp3) is 0.387. The lowest BCUT2D eigenvalue weighted by Crippen LogP contribution is -2.43. The van der Waals surface area contributed by atoms with E-state index >= 15 is 0 Å². The van der Waals surface area contributed by atoms with E-state index in [0.717, 1.165) is 60.9 Å². The number of anilines is 1. The SMILES string of the molecule is C=C(C#N)CNc1c(OC)ccc2ccc(-c3cccc(C(=O)NC4CCC(N(C)CCOC)CC4)n3)cc12. The summed E-state index contributed by atoms with van der Waals surface area (Å²) in [6.45, 7) is 5.73. The van der Waals surface area contributed by atoms with Crippen LogP contribution in [0.15, 0.2) is 60.7 Å². The van der Waals surface area contributed by atoms with Crippen molar-refractivity contribution in [1.29, 1.82) is 5.26 Å². The topological polar surface area (TPSA) is 99.5 Å². The molecule has 0 bridgehead atoms. The maximum Gasteiger partial charge on any atom is 0.270 e. The van der Waals surface area contributed by atoms with E-state index in [1.54, 1.807) is 20.3 Å². The third kappa shape index (κ3) is 6.94. The van der Waals surface area contributed by atoms with E-state index in [4.69, 9.17) is 19.7 Å². The van der Waals surface area contributed by atoms with Crippen LogP contribution in [-0.2, 0) is 4.74 Å². The fourth-order valence-electron chi connectivity index (χ4n) is 5.11. The molecule has 0 radical (unpaired) electrons. The zero-order valence-corrected chi connectivity index (χ0v) is 23.0. The van der Waals surface area contributed by atoms with Gasteiger partial charge in [0.25, 0.3) is 5.91 Å². The van der Waals surface area contributed by atoms with Crippen molar-refractivity contribution in [2.45, 2.75) is 37.8 Å². The molecule has 0 spiro atoms. The second-order valence-electron chi connectivity index (χ2n) is 10.0. The molecule has 0 unspecified atom stereocenters. The van der Waals surface area contributed by atoms with Crippen LogP contribution < -0.4 is 15.4 Å². The highest BCUT2D eigenvalue weighted by Gasteiger charge is 2.25. The minimum Gasteiger partial charge on any atom is -0.495 e. The quantitative estimate of drug-likeness (QED) is 0.338. The van der Waals surface area contributed by atoms with Crippen LogP contribution in [0, 0.1) is 11.3 Å². The van der Waals surface area contributed by atoms with E-state index < -0.39 is 0 Å². The number of carbonyl (C=O) groups excluding carboxylic acids is 1. The van der Waals surface area contributed by atoms with Crippen LogP contribution in [0.4, 0.5) is 5.69 Å². The molecule has 1 aliphatic rings. The van der Waals surface area contributed by atoms with Crippen LogP contribution >= 0.6 is 0 Å². The number of benzene rings is 2.